The van der Waals surface area contributed by atoms with E-state index in [4.69, 9.17) is 0 Å². The SMILES string of the molecule is Cc1cc(C(=O)NCC(O)Cc2ccccc2)sc1C. The lowest BCUT2D eigenvalue weighted by Gasteiger charge is -2.11. The van der Waals surface area contributed by atoms with E-state index in [1.165, 1.54) is 11.3 Å². The fourth-order valence-corrected chi connectivity index (χ4v) is 2.89. The zero-order valence-electron chi connectivity index (χ0n) is 11.7. The van der Waals surface area contributed by atoms with Crippen molar-refractivity contribution >= 4 is 17.2 Å². The van der Waals surface area contributed by atoms with Crippen molar-refractivity contribution in [2.24, 2.45) is 0 Å². The van der Waals surface area contributed by atoms with Gasteiger partial charge in [0.15, 0.2) is 0 Å². The number of carbonyl (C=O) groups excluding carboxylic acids is 1. The van der Waals surface area contributed by atoms with Crippen LogP contribution in [0, 0.1) is 13.8 Å². The van der Waals surface area contributed by atoms with Gasteiger partial charge >= 0.3 is 0 Å². The fraction of sp³-hybridized carbons (Fsp3) is 0.312. The van der Waals surface area contributed by atoms with Crippen LogP contribution in [0.25, 0.3) is 0 Å². The largest absolute Gasteiger partial charge is 0.391 e. The van der Waals surface area contributed by atoms with Crippen LogP contribution in [0.2, 0.25) is 0 Å². The third-order valence-electron chi connectivity index (χ3n) is 3.20. The second-order valence-corrected chi connectivity index (χ2v) is 6.16. The molecule has 0 aliphatic carbocycles. The van der Waals surface area contributed by atoms with E-state index < -0.39 is 6.10 Å². The molecule has 106 valence electrons. The molecule has 3 nitrogen and oxygen atoms in total. The molecule has 1 aromatic heterocycles. The Balaban J connectivity index is 1.84. The first-order chi connectivity index (χ1) is 9.56. The lowest BCUT2D eigenvalue weighted by molar-refractivity contribution is 0.0920. The van der Waals surface area contributed by atoms with E-state index in [0.717, 1.165) is 16.0 Å². The molecule has 4 heteroatoms. The highest BCUT2D eigenvalue weighted by atomic mass is 32.1. The molecule has 2 aromatic rings. The summed E-state index contributed by atoms with van der Waals surface area (Å²) in [5.41, 5.74) is 2.20. The zero-order valence-corrected chi connectivity index (χ0v) is 12.5. The van der Waals surface area contributed by atoms with Crippen LogP contribution < -0.4 is 5.32 Å². The minimum absolute atomic E-state index is 0.113. The van der Waals surface area contributed by atoms with Crippen LogP contribution in [0.3, 0.4) is 0 Å². The molecule has 1 heterocycles. The van der Waals surface area contributed by atoms with Crippen LogP contribution >= 0.6 is 11.3 Å². The Morgan fingerprint density at radius 1 is 1.30 bits per heavy atom. The molecule has 0 bridgehead atoms. The van der Waals surface area contributed by atoms with Crippen molar-refractivity contribution in [3.63, 3.8) is 0 Å². The van der Waals surface area contributed by atoms with Crippen LogP contribution in [0.5, 0.6) is 0 Å². The number of aliphatic hydroxyl groups is 1. The van der Waals surface area contributed by atoms with Gasteiger partial charge in [-0.05, 0) is 31.0 Å². The molecule has 0 saturated heterocycles. The Kier molecular flexibility index (Phi) is 4.93. The van der Waals surface area contributed by atoms with E-state index in [-0.39, 0.29) is 12.5 Å². The molecule has 0 fully saturated rings. The maximum absolute atomic E-state index is 12.0. The molecule has 2 rings (SSSR count). The van der Waals surface area contributed by atoms with Crippen molar-refractivity contribution in [2.45, 2.75) is 26.4 Å². The van der Waals surface area contributed by atoms with Gasteiger partial charge in [0.25, 0.3) is 5.91 Å². The minimum Gasteiger partial charge on any atom is -0.391 e. The van der Waals surface area contributed by atoms with Gasteiger partial charge < -0.3 is 10.4 Å². The summed E-state index contributed by atoms with van der Waals surface area (Å²) in [7, 11) is 0. The third kappa shape index (κ3) is 3.92. The number of amides is 1. The Morgan fingerprint density at radius 3 is 2.60 bits per heavy atom. The molecule has 0 aliphatic rings. The monoisotopic (exact) mass is 289 g/mol. The summed E-state index contributed by atoms with van der Waals surface area (Å²) in [6.45, 7) is 4.26. The number of carbonyl (C=O) groups is 1. The number of hydrogen-bond acceptors (Lipinski definition) is 3. The fourth-order valence-electron chi connectivity index (χ4n) is 1.94. The Bertz CT molecular complexity index is 558. The normalized spacial score (nSPS) is 12.2. The van der Waals surface area contributed by atoms with Gasteiger partial charge in [0, 0.05) is 17.8 Å². The van der Waals surface area contributed by atoms with Crippen molar-refractivity contribution in [1.82, 2.24) is 5.32 Å². The lowest BCUT2D eigenvalue weighted by atomic mass is 10.1. The van der Waals surface area contributed by atoms with Gasteiger partial charge in [0.05, 0.1) is 11.0 Å². The van der Waals surface area contributed by atoms with Crippen molar-refractivity contribution in [2.75, 3.05) is 6.54 Å². The highest BCUT2D eigenvalue weighted by Gasteiger charge is 2.12. The van der Waals surface area contributed by atoms with Crippen LogP contribution in [0.1, 0.15) is 25.7 Å². The quantitative estimate of drug-likeness (QED) is 0.889. The number of hydrogen-bond donors (Lipinski definition) is 2. The number of thiophene rings is 1. The summed E-state index contributed by atoms with van der Waals surface area (Å²) in [6, 6.07) is 11.7. The average Bonchev–Trinajstić information content (AvgIpc) is 2.77. The molecule has 0 saturated carbocycles. The summed E-state index contributed by atoms with van der Waals surface area (Å²) in [6.07, 6.45) is -0.0209. The van der Waals surface area contributed by atoms with Gasteiger partial charge in [-0.15, -0.1) is 11.3 Å². The molecule has 0 aliphatic heterocycles. The molecule has 1 amide bonds. The summed E-state index contributed by atoms with van der Waals surface area (Å²) in [4.78, 5) is 13.8. The second kappa shape index (κ2) is 6.68. The summed E-state index contributed by atoms with van der Waals surface area (Å²) >= 11 is 1.48. The molecular formula is C16H19NO2S. The van der Waals surface area contributed by atoms with Crippen LogP contribution in [-0.4, -0.2) is 23.7 Å². The van der Waals surface area contributed by atoms with Gasteiger partial charge in [-0.2, -0.15) is 0 Å². The standard InChI is InChI=1S/C16H19NO2S/c1-11-8-15(20-12(11)2)16(19)17-10-14(18)9-13-6-4-3-5-7-13/h3-8,14,18H,9-10H2,1-2H3,(H,17,19). The number of aliphatic hydroxyl groups excluding tert-OH is 1. The molecule has 2 N–H and O–H groups in total. The summed E-state index contributed by atoms with van der Waals surface area (Å²) in [5.74, 6) is -0.113. The van der Waals surface area contributed by atoms with E-state index in [1.54, 1.807) is 0 Å². The first-order valence-electron chi connectivity index (χ1n) is 6.63. The van der Waals surface area contributed by atoms with Crippen molar-refractivity contribution in [1.29, 1.82) is 0 Å². The van der Waals surface area contributed by atoms with E-state index >= 15 is 0 Å². The molecule has 1 aromatic carbocycles. The Morgan fingerprint density at radius 2 is 2.00 bits per heavy atom. The van der Waals surface area contributed by atoms with Gasteiger partial charge in [0.1, 0.15) is 0 Å². The topological polar surface area (TPSA) is 49.3 Å². The van der Waals surface area contributed by atoms with Crippen molar-refractivity contribution < 1.29 is 9.90 Å². The highest BCUT2D eigenvalue weighted by molar-refractivity contribution is 7.14. The van der Waals surface area contributed by atoms with E-state index in [1.807, 2.05) is 50.2 Å². The van der Waals surface area contributed by atoms with E-state index in [9.17, 15) is 9.90 Å². The lowest BCUT2D eigenvalue weighted by Crippen LogP contribution is -2.32. The third-order valence-corrected chi connectivity index (χ3v) is 4.35. The maximum Gasteiger partial charge on any atom is 0.261 e. The van der Waals surface area contributed by atoms with E-state index in [2.05, 4.69) is 5.32 Å². The van der Waals surface area contributed by atoms with Gasteiger partial charge in [-0.1, -0.05) is 30.3 Å². The summed E-state index contributed by atoms with van der Waals surface area (Å²) in [5, 5.41) is 12.7. The molecule has 0 radical (unpaired) electrons. The first-order valence-corrected chi connectivity index (χ1v) is 7.45. The predicted octanol–water partition coefficient (Wildman–Crippen LogP) is 2.70. The van der Waals surface area contributed by atoms with Gasteiger partial charge in [-0.3, -0.25) is 4.79 Å². The van der Waals surface area contributed by atoms with Crippen molar-refractivity contribution in [3.05, 3.63) is 57.3 Å². The van der Waals surface area contributed by atoms with Gasteiger partial charge in [0.2, 0.25) is 0 Å². The molecule has 0 spiro atoms. The van der Waals surface area contributed by atoms with Crippen LogP contribution in [0.15, 0.2) is 36.4 Å². The number of nitrogens with one attached hydrogen (secondary N) is 1. The van der Waals surface area contributed by atoms with Crippen LogP contribution in [0.4, 0.5) is 0 Å². The van der Waals surface area contributed by atoms with Crippen LogP contribution in [-0.2, 0) is 6.42 Å². The smallest absolute Gasteiger partial charge is 0.261 e. The maximum atomic E-state index is 12.0. The number of rotatable bonds is 5. The van der Waals surface area contributed by atoms with Gasteiger partial charge in [-0.25, -0.2) is 0 Å². The molecule has 1 unspecified atom stereocenters. The molecule has 1 atom stereocenters. The van der Waals surface area contributed by atoms with Crippen molar-refractivity contribution in [3.8, 4) is 0 Å². The molecular weight excluding hydrogens is 270 g/mol. The Hall–Kier alpha value is -1.65. The second-order valence-electron chi connectivity index (χ2n) is 4.90. The zero-order chi connectivity index (χ0) is 14.5. The predicted molar refractivity (Wildman–Crippen MR) is 82.3 cm³/mol. The van der Waals surface area contributed by atoms with E-state index in [0.29, 0.717) is 11.3 Å². The first kappa shape index (κ1) is 14.8. The summed E-state index contributed by atoms with van der Waals surface area (Å²) < 4.78 is 0. The Labute approximate surface area is 123 Å². The number of aryl methyl sites for hydroxylation is 2. The minimum atomic E-state index is -0.566. The highest BCUT2D eigenvalue weighted by Crippen LogP contribution is 2.20. The molecule has 20 heavy (non-hydrogen) atoms. The average molecular weight is 289 g/mol. The number of benzene rings is 1.